The van der Waals surface area contributed by atoms with Crippen molar-refractivity contribution in [2.75, 3.05) is 0 Å². The van der Waals surface area contributed by atoms with Crippen LogP contribution in [0.2, 0.25) is 0 Å². The van der Waals surface area contributed by atoms with Crippen LogP contribution in [0.5, 0.6) is 0 Å². The van der Waals surface area contributed by atoms with E-state index in [0.717, 1.165) is 19.3 Å². The molecule has 14 heavy (non-hydrogen) atoms. The van der Waals surface area contributed by atoms with E-state index >= 15 is 0 Å². The number of carbonyl (C=O) groups is 1. The standard InChI is InChI=1S/C12H24O2/c1-5-10(6-2)12(14)11(13)8-7-9(3)4/h9-10,12,14H,5-8H2,1-4H3. The average molecular weight is 200 g/mol. The fourth-order valence-corrected chi connectivity index (χ4v) is 1.58. The third-order valence-corrected chi connectivity index (χ3v) is 2.79. The first-order valence-electron chi connectivity index (χ1n) is 5.73. The molecule has 0 amide bonds. The number of aliphatic hydroxyl groups excluding tert-OH is 1. The molecule has 0 aliphatic heterocycles. The number of ketones is 1. The molecule has 0 aromatic rings. The summed E-state index contributed by atoms with van der Waals surface area (Å²) >= 11 is 0. The zero-order valence-electron chi connectivity index (χ0n) is 9.92. The number of carbonyl (C=O) groups excluding carboxylic acids is 1. The Bertz CT molecular complexity index is 160. The monoisotopic (exact) mass is 200 g/mol. The molecular weight excluding hydrogens is 176 g/mol. The molecule has 0 heterocycles. The smallest absolute Gasteiger partial charge is 0.161 e. The average Bonchev–Trinajstić information content (AvgIpc) is 2.15. The summed E-state index contributed by atoms with van der Waals surface area (Å²) in [5.74, 6) is 0.704. The minimum absolute atomic E-state index is 0.0207. The minimum atomic E-state index is -0.733. The van der Waals surface area contributed by atoms with E-state index in [1.807, 2.05) is 13.8 Å². The van der Waals surface area contributed by atoms with E-state index in [1.54, 1.807) is 0 Å². The lowest BCUT2D eigenvalue weighted by Gasteiger charge is -2.19. The largest absolute Gasteiger partial charge is 0.385 e. The first-order chi connectivity index (χ1) is 6.52. The Morgan fingerprint density at radius 1 is 1.21 bits per heavy atom. The van der Waals surface area contributed by atoms with Crippen molar-refractivity contribution in [2.24, 2.45) is 11.8 Å². The van der Waals surface area contributed by atoms with Gasteiger partial charge in [-0.1, -0.05) is 40.5 Å². The molecule has 0 aromatic carbocycles. The van der Waals surface area contributed by atoms with Crippen molar-refractivity contribution in [1.82, 2.24) is 0 Å². The van der Waals surface area contributed by atoms with Gasteiger partial charge in [0.05, 0.1) is 0 Å². The number of aliphatic hydroxyl groups is 1. The van der Waals surface area contributed by atoms with E-state index in [-0.39, 0.29) is 11.7 Å². The number of hydrogen-bond donors (Lipinski definition) is 1. The van der Waals surface area contributed by atoms with Crippen molar-refractivity contribution < 1.29 is 9.90 Å². The highest BCUT2D eigenvalue weighted by atomic mass is 16.3. The van der Waals surface area contributed by atoms with Crippen LogP contribution in [0, 0.1) is 11.8 Å². The van der Waals surface area contributed by atoms with Crippen molar-refractivity contribution in [2.45, 2.75) is 59.5 Å². The second-order valence-electron chi connectivity index (χ2n) is 4.42. The molecule has 0 fully saturated rings. The Hall–Kier alpha value is -0.370. The molecular formula is C12H24O2. The third kappa shape index (κ3) is 4.75. The molecule has 0 rings (SSSR count). The van der Waals surface area contributed by atoms with Crippen LogP contribution in [0.15, 0.2) is 0 Å². The molecule has 0 aliphatic rings. The first-order valence-corrected chi connectivity index (χ1v) is 5.73. The van der Waals surface area contributed by atoms with Crippen LogP contribution in [0.4, 0.5) is 0 Å². The van der Waals surface area contributed by atoms with Gasteiger partial charge in [0.15, 0.2) is 5.78 Å². The summed E-state index contributed by atoms with van der Waals surface area (Å²) < 4.78 is 0. The van der Waals surface area contributed by atoms with Gasteiger partial charge in [0.2, 0.25) is 0 Å². The summed E-state index contributed by atoms with van der Waals surface area (Å²) in [7, 11) is 0. The predicted molar refractivity (Wildman–Crippen MR) is 59.2 cm³/mol. The van der Waals surface area contributed by atoms with Crippen LogP contribution >= 0.6 is 0 Å². The van der Waals surface area contributed by atoms with E-state index in [9.17, 15) is 9.90 Å². The van der Waals surface area contributed by atoms with Gasteiger partial charge >= 0.3 is 0 Å². The van der Waals surface area contributed by atoms with E-state index in [2.05, 4.69) is 13.8 Å². The second-order valence-corrected chi connectivity index (χ2v) is 4.42. The summed E-state index contributed by atoms with van der Waals surface area (Å²) in [5, 5.41) is 9.74. The topological polar surface area (TPSA) is 37.3 Å². The van der Waals surface area contributed by atoms with E-state index in [1.165, 1.54) is 0 Å². The lowest BCUT2D eigenvalue weighted by molar-refractivity contribution is -0.130. The third-order valence-electron chi connectivity index (χ3n) is 2.79. The highest BCUT2D eigenvalue weighted by Crippen LogP contribution is 2.16. The zero-order valence-corrected chi connectivity index (χ0v) is 9.92. The molecule has 2 heteroatoms. The maximum Gasteiger partial charge on any atom is 0.161 e. The molecule has 1 N–H and O–H groups in total. The van der Waals surface area contributed by atoms with Gasteiger partial charge in [0, 0.05) is 6.42 Å². The van der Waals surface area contributed by atoms with Gasteiger partial charge in [-0.2, -0.15) is 0 Å². The van der Waals surface area contributed by atoms with E-state index < -0.39 is 6.10 Å². The van der Waals surface area contributed by atoms with Crippen LogP contribution in [-0.4, -0.2) is 17.0 Å². The summed E-state index contributed by atoms with van der Waals surface area (Å²) in [6.45, 7) is 8.23. The maximum atomic E-state index is 11.6. The normalized spacial score (nSPS) is 13.6. The molecule has 2 nitrogen and oxygen atoms in total. The number of Topliss-reactive ketones (excluding diaryl/α,β-unsaturated/α-hetero) is 1. The summed E-state index contributed by atoms with van der Waals surface area (Å²) in [6.07, 6.45) is 2.44. The Labute approximate surface area is 87.7 Å². The molecule has 1 unspecified atom stereocenters. The highest BCUT2D eigenvalue weighted by Gasteiger charge is 2.22. The fraction of sp³-hybridized carbons (Fsp3) is 0.917. The molecule has 0 bridgehead atoms. The van der Waals surface area contributed by atoms with Crippen molar-refractivity contribution in [3.05, 3.63) is 0 Å². The van der Waals surface area contributed by atoms with Crippen LogP contribution in [0.3, 0.4) is 0 Å². The van der Waals surface area contributed by atoms with Gasteiger partial charge in [-0.05, 0) is 18.3 Å². The Morgan fingerprint density at radius 3 is 2.07 bits per heavy atom. The minimum Gasteiger partial charge on any atom is -0.385 e. The first kappa shape index (κ1) is 13.6. The van der Waals surface area contributed by atoms with Crippen LogP contribution < -0.4 is 0 Å². The van der Waals surface area contributed by atoms with Gasteiger partial charge in [-0.25, -0.2) is 0 Å². The van der Waals surface area contributed by atoms with Crippen LogP contribution in [0.25, 0.3) is 0 Å². The molecule has 0 aliphatic carbocycles. The number of rotatable bonds is 7. The van der Waals surface area contributed by atoms with Gasteiger partial charge in [-0.3, -0.25) is 4.79 Å². The quantitative estimate of drug-likeness (QED) is 0.686. The van der Waals surface area contributed by atoms with E-state index in [0.29, 0.717) is 12.3 Å². The van der Waals surface area contributed by atoms with E-state index in [4.69, 9.17) is 0 Å². The lowest BCUT2D eigenvalue weighted by atomic mass is 9.91. The summed E-state index contributed by atoms with van der Waals surface area (Å²) in [4.78, 5) is 11.6. The van der Waals surface area contributed by atoms with Crippen molar-refractivity contribution in [1.29, 1.82) is 0 Å². The lowest BCUT2D eigenvalue weighted by Crippen LogP contribution is -2.29. The van der Waals surface area contributed by atoms with Crippen molar-refractivity contribution in [3.63, 3.8) is 0 Å². The molecule has 0 spiro atoms. The molecule has 84 valence electrons. The van der Waals surface area contributed by atoms with Crippen LogP contribution in [0.1, 0.15) is 53.4 Å². The molecule has 0 aromatic heterocycles. The molecule has 0 radical (unpaired) electrons. The number of hydrogen-bond acceptors (Lipinski definition) is 2. The molecule has 0 saturated carbocycles. The maximum absolute atomic E-state index is 11.6. The molecule has 1 atom stereocenters. The van der Waals surface area contributed by atoms with Crippen LogP contribution in [-0.2, 0) is 4.79 Å². The van der Waals surface area contributed by atoms with Gasteiger partial charge in [0.25, 0.3) is 0 Å². The Morgan fingerprint density at radius 2 is 1.71 bits per heavy atom. The summed E-state index contributed by atoms with van der Waals surface area (Å²) in [5.41, 5.74) is 0. The van der Waals surface area contributed by atoms with Crippen molar-refractivity contribution in [3.8, 4) is 0 Å². The molecule has 0 saturated heterocycles. The predicted octanol–water partition coefficient (Wildman–Crippen LogP) is 2.79. The van der Waals surface area contributed by atoms with Gasteiger partial charge < -0.3 is 5.11 Å². The Balaban J connectivity index is 3.97. The highest BCUT2D eigenvalue weighted by molar-refractivity contribution is 5.83. The van der Waals surface area contributed by atoms with Gasteiger partial charge in [-0.15, -0.1) is 0 Å². The zero-order chi connectivity index (χ0) is 11.1. The SMILES string of the molecule is CCC(CC)C(O)C(=O)CCC(C)C. The van der Waals surface area contributed by atoms with Gasteiger partial charge in [0.1, 0.15) is 6.10 Å². The second kappa shape index (κ2) is 6.99. The fourth-order valence-electron chi connectivity index (χ4n) is 1.58. The summed E-state index contributed by atoms with van der Waals surface area (Å²) in [6, 6.07) is 0. The Kier molecular flexibility index (Phi) is 6.81. The van der Waals surface area contributed by atoms with Crippen molar-refractivity contribution >= 4 is 5.78 Å².